The van der Waals surface area contributed by atoms with Crippen LogP contribution in [0.2, 0.25) is 0 Å². The van der Waals surface area contributed by atoms with E-state index in [9.17, 15) is 9.59 Å². The van der Waals surface area contributed by atoms with E-state index in [1.54, 1.807) is 31.6 Å². The molecular formula is C19H25N3O5. The van der Waals surface area contributed by atoms with Crippen molar-refractivity contribution in [1.29, 1.82) is 0 Å². The van der Waals surface area contributed by atoms with Crippen LogP contribution in [0, 0.1) is 0 Å². The van der Waals surface area contributed by atoms with Crippen LogP contribution in [0.3, 0.4) is 0 Å². The summed E-state index contributed by atoms with van der Waals surface area (Å²) in [6.45, 7) is 5.89. The third-order valence-corrected chi connectivity index (χ3v) is 3.84. The molecule has 1 saturated heterocycles. The van der Waals surface area contributed by atoms with Crippen LogP contribution in [-0.4, -0.2) is 47.3 Å². The lowest BCUT2D eigenvalue weighted by atomic mass is 10.2. The Bertz CT molecular complexity index is 728. The fourth-order valence-electron chi connectivity index (χ4n) is 2.64. The highest BCUT2D eigenvalue weighted by atomic mass is 16.8. The molecule has 2 unspecified atom stereocenters. The summed E-state index contributed by atoms with van der Waals surface area (Å²) in [5, 5.41) is 6.74. The van der Waals surface area contributed by atoms with Crippen molar-refractivity contribution in [2.24, 2.45) is 0 Å². The number of hydrogen-bond donors (Lipinski definition) is 1. The van der Waals surface area contributed by atoms with Crippen LogP contribution >= 0.6 is 0 Å². The van der Waals surface area contributed by atoms with E-state index in [1.807, 2.05) is 36.5 Å². The zero-order valence-electron chi connectivity index (χ0n) is 15.9. The molecule has 0 radical (unpaired) electrons. The van der Waals surface area contributed by atoms with Crippen LogP contribution in [0.5, 0.6) is 0 Å². The van der Waals surface area contributed by atoms with Crippen LogP contribution in [0.1, 0.15) is 26.3 Å². The summed E-state index contributed by atoms with van der Waals surface area (Å²) in [5.74, 6) is -1.06. The first-order chi connectivity index (χ1) is 12.9. The van der Waals surface area contributed by atoms with Crippen molar-refractivity contribution < 1.29 is 23.8 Å². The zero-order valence-corrected chi connectivity index (χ0v) is 15.9. The summed E-state index contributed by atoms with van der Waals surface area (Å²) in [6.07, 6.45) is 3.49. The van der Waals surface area contributed by atoms with Gasteiger partial charge >= 0.3 is 5.97 Å². The molecule has 3 rings (SSSR count). The average molecular weight is 375 g/mol. The summed E-state index contributed by atoms with van der Waals surface area (Å²) in [6, 6.07) is 9.74. The molecule has 1 fully saturated rings. The number of esters is 1. The summed E-state index contributed by atoms with van der Waals surface area (Å²) >= 11 is 0. The molecule has 0 spiro atoms. The number of aromatic nitrogens is 2. The maximum absolute atomic E-state index is 11.1. The minimum Gasteiger partial charge on any atom is -0.467 e. The Morgan fingerprint density at radius 2 is 2.04 bits per heavy atom. The molecule has 2 aromatic rings. The van der Waals surface area contributed by atoms with Crippen molar-refractivity contribution in [2.75, 3.05) is 7.11 Å². The summed E-state index contributed by atoms with van der Waals surface area (Å²) in [7, 11) is 1.34. The Hall–Kier alpha value is -2.71. The molecule has 1 aliphatic heterocycles. The molecule has 146 valence electrons. The number of ether oxygens (including phenoxy) is 3. The zero-order chi connectivity index (χ0) is 19.9. The number of amides is 1. The molecule has 1 aliphatic rings. The number of carbonyl (C=O) groups is 2. The van der Waals surface area contributed by atoms with Crippen molar-refractivity contribution in [3.8, 4) is 5.69 Å². The number of methoxy groups -OCH3 is 1. The van der Waals surface area contributed by atoms with Gasteiger partial charge in [-0.15, -0.1) is 0 Å². The maximum Gasteiger partial charge on any atom is 0.337 e. The second-order valence-corrected chi connectivity index (χ2v) is 6.40. The van der Waals surface area contributed by atoms with Gasteiger partial charge in [0.15, 0.2) is 11.9 Å². The van der Waals surface area contributed by atoms with E-state index < -0.39 is 11.9 Å². The topological polar surface area (TPSA) is 91.7 Å². The van der Waals surface area contributed by atoms with Crippen LogP contribution < -0.4 is 5.32 Å². The highest BCUT2D eigenvalue weighted by Gasteiger charge is 2.43. The van der Waals surface area contributed by atoms with Gasteiger partial charge in [0.25, 0.3) is 0 Å². The molecule has 8 nitrogen and oxygen atoms in total. The quantitative estimate of drug-likeness (QED) is 0.633. The van der Waals surface area contributed by atoms with Gasteiger partial charge in [0, 0.05) is 18.9 Å². The molecule has 0 bridgehead atoms. The van der Waals surface area contributed by atoms with Gasteiger partial charge in [-0.1, -0.05) is 12.1 Å². The van der Waals surface area contributed by atoms with E-state index in [2.05, 4.69) is 15.2 Å². The van der Waals surface area contributed by atoms with Gasteiger partial charge in [0.1, 0.15) is 0 Å². The second kappa shape index (κ2) is 9.29. The van der Waals surface area contributed by atoms with Crippen molar-refractivity contribution >= 4 is 12.4 Å². The third-order valence-electron chi connectivity index (χ3n) is 3.84. The van der Waals surface area contributed by atoms with E-state index >= 15 is 0 Å². The standard InChI is InChI=1S/C11H11N3O.C8H14O4/c15-9-12-8-10-2-4-11(5-3-10)14-7-1-6-13-14;1-5-6(7(9)10-4)12-8(2,3)11-5/h1-7,9H,8H2,(H,12,15);5-6H,1-4H3. The van der Waals surface area contributed by atoms with Crippen molar-refractivity contribution in [1.82, 2.24) is 15.1 Å². The lowest BCUT2D eigenvalue weighted by Gasteiger charge is -2.15. The van der Waals surface area contributed by atoms with Gasteiger partial charge in [-0.25, -0.2) is 9.48 Å². The summed E-state index contributed by atoms with van der Waals surface area (Å²) < 4.78 is 17.0. The molecule has 2 atom stereocenters. The monoisotopic (exact) mass is 375 g/mol. The van der Waals surface area contributed by atoms with Crippen LogP contribution in [0.15, 0.2) is 42.7 Å². The Kier molecular flexibility index (Phi) is 7.09. The van der Waals surface area contributed by atoms with Crippen molar-refractivity contribution in [2.45, 2.75) is 45.3 Å². The molecule has 2 heterocycles. The Labute approximate surface area is 158 Å². The Morgan fingerprint density at radius 1 is 1.33 bits per heavy atom. The van der Waals surface area contributed by atoms with E-state index in [1.165, 1.54) is 7.11 Å². The minimum absolute atomic E-state index is 0.243. The third kappa shape index (κ3) is 5.90. The minimum atomic E-state index is -0.682. The highest BCUT2D eigenvalue weighted by Crippen LogP contribution is 2.28. The average Bonchev–Trinajstić information content (AvgIpc) is 3.28. The van der Waals surface area contributed by atoms with Gasteiger partial charge in [-0.3, -0.25) is 4.79 Å². The number of carbonyl (C=O) groups excluding carboxylic acids is 2. The van der Waals surface area contributed by atoms with Gasteiger partial charge in [-0.2, -0.15) is 5.10 Å². The molecule has 1 aromatic heterocycles. The predicted molar refractivity (Wildman–Crippen MR) is 98.0 cm³/mol. The number of rotatable bonds is 5. The van der Waals surface area contributed by atoms with E-state index in [0.717, 1.165) is 11.3 Å². The molecule has 1 aromatic carbocycles. The molecule has 1 amide bonds. The molecule has 1 N–H and O–H groups in total. The fraction of sp³-hybridized carbons (Fsp3) is 0.421. The predicted octanol–water partition coefficient (Wildman–Crippen LogP) is 1.82. The van der Waals surface area contributed by atoms with Crippen LogP contribution in [-0.2, 0) is 30.3 Å². The first-order valence-corrected chi connectivity index (χ1v) is 8.56. The Balaban J connectivity index is 0.000000199. The second-order valence-electron chi connectivity index (χ2n) is 6.40. The smallest absolute Gasteiger partial charge is 0.337 e. The number of benzene rings is 1. The normalized spacial score (nSPS) is 20.3. The van der Waals surface area contributed by atoms with E-state index in [4.69, 9.17) is 9.47 Å². The first-order valence-electron chi connectivity index (χ1n) is 8.56. The SMILES string of the molecule is COC(=O)C1OC(C)(C)OC1C.O=CNCc1ccc(-n2cccn2)cc1. The van der Waals surface area contributed by atoms with Gasteiger partial charge in [0.2, 0.25) is 6.41 Å². The van der Waals surface area contributed by atoms with Gasteiger partial charge < -0.3 is 19.5 Å². The fourth-order valence-corrected chi connectivity index (χ4v) is 2.64. The van der Waals surface area contributed by atoms with Crippen LogP contribution in [0.25, 0.3) is 5.69 Å². The molecule has 8 heteroatoms. The van der Waals surface area contributed by atoms with Gasteiger partial charge in [-0.05, 0) is 44.5 Å². The summed E-state index contributed by atoms with van der Waals surface area (Å²) in [4.78, 5) is 21.2. The summed E-state index contributed by atoms with van der Waals surface area (Å²) in [5.41, 5.74) is 2.08. The maximum atomic E-state index is 11.1. The van der Waals surface area contributed by atoms with E-state index in [0.29, 0.717) is 13.0 Å². The first kappa shape index (κ1) is 20.6. The number of nitrogens with zero attached hydrogens (tertiary/aromatic N) is 2. The lowest BCUT2D eigenvalue weighted by molar-refractivity contribution is -0.168. The molecule has 27 heavy (non-hydrogen) atoms. The Morgan fingerprint density at radius 3 is 2.52 bits per heavy atom. The molecule has 0 aliphatic carbocycles. The van der Waals surface area contributed by atoms with E-state index in [-0.39, 0.29) is 12.1 Å². The lowest BCUT2D eigenvalue weighted by Crippen LogP contribution is -2.30. The van der Waals surface area contributed by atoms with Crippen LogP contribution in [0.4, 0.5) is 0 Å². The number of nitrogens with one attached hydrogen (secondary N) is 1. The number of hydrogen-bond acceptors (Lipinski definition) is 6. The molecule has 0 saturated carbocycles. The van der Waals surface area contributed by atoms with Crippen molar-refractivity contribution in [3.05, 3.63) is 48.3 Å². The molecular weight excluding hydrogens is 350 g/mol. The van der Waals surface area contributed by atoms with Crippen molar-refractivity contribution in [3.63, 3.8) is 0 Å². The highest BCUT2D eigenvalue weighted by molar-refractivity contribution is 5.75. The van der Waals surface area contributed by atoms with Gasteiger partial charge in [0.05, 0.1) is 18.9 Å². The largest absolute Gasteiger partial charge is 0.467 e.